The Morgan fingerprint density at radius 1 is 1.48 bits per heavy atom. The highest BCUT2D eigenvalue weighted by atomic mass is 16.5. The number of rotatable bonds is 6. The molecule has 1 aromatic rings. The molecule has 1 fully saturated rings. The molecule has 0 bridgehead atoms. The molecular formula is C16H25N3O2. The minimum Gasteiger partial charge on any atom is -0.492 e. The Balaban J connectivity index is 1.62. The van der Waals surface area contributed by atoms with Crippen molar-refractivity contribution in [1.82, 2.24) is 15.2 Å². The van der Waals surface area contributed by atoms with Crippen LogP contribution in [-0.2, 0) is 0 Å². The molecule has 2 rings (SSSR count). The molecule has 0 spiro atoms. The quantitative estimate of drug-likeness (QED) is 0.876. The number of nitrogens with zero attached hydrogens (tertiary/aromatic N) is 2. The first kappa shape index (κ1) is 15.6. The van der Waals surface area contributed by atoms with Crippen LogP contribution in [0.4, 0.5) is 4.79 Å². The van der Waals surface area contributed by atoms with Gasteiger partial charge in [-0.2, -0.15) is 0 Å². The Hall–Kier alpha value is -1.78. The third kappa shape index (κ3) is 5.25. The number of piperidine rings is 1. The number of carbonyl (C=O) groups excluding carboxylic acids is 1. The summed E-state index contributed by atoms with van der Waals surface area (Å²) in [6.45, 7) is 5.26. The summed E-state index contributed by atoms with van der Waals surface area (Å²) in [6.07, 6.45) is 7.63. The average Bonchev–Trinajstić information content (AvgIpc) is 2.54. The molecule has 116 valence electrons. The lowest BCUT2D eigenvalue weighted by Gasteiger charge is -2.32. The molecule has 1 aromatic heterocycles. The lowest BCUT2D eigenvalue weighted by atomic mass is 9.94. The molecule has 1 aliphatic heterocycles. The predicted molar refractivity (Wildman–Crippen MR) is 82.3 cm³/mol. The van der Waals surface area contributed by atoms with Gasteiger partial charge in [0, 0.05) is 25.8 Å². The van der Waals surface area contributed by atoms with E-state index in [0.717, 1.165) is 57.7 Å². The molecule has 0 aromatic carbocycles. The van der Waals surface area contributed by atoms with E-state index in [1.165, 1.54) is 0 Å². The molecular weight excluding hydrogens is 266 g/mol. The predicted octanol–water partition coefficient (Wildman–Crippen LogP) is 2.68. The molecule has 2 amide bonds. The van der Waals surface area contributed by atoms with Crippen LogP contribution in [0.3, 0.4) is 0 Å². The second kappa shape index (κ2) is 8.49. The Morgan fingerprint density at radius 3 is 2.95 bits per heavy atom. The van der Waals surface area contributed by atoms with E-state index in [4.69, 9.17) is 4.74 Å². The number of carbonyl (C=O) groups is 1. The molecule has 5 nitrogen and oxygen atoms in total. The number of amides is 2. The summed E-state index contributed by atoms with van der Waals surface area (Å²) in [4.78, 5) is 17.8. The standard InChI is InChI=1S/C16H25N3O2/c1-2-8-18-16(20)19-10-5-14(6-11-19)7-12-21-15-4-3-9-17-13-15/h3-4,9,13-14H,2,5-8,10-12H2,1H3,(H,18,20). The van der Waals surface area contributed by atoms with E-state index >= 15 is 0 Å². The number of pyridine rings is 1. The highest BCUT2D eigenvalue weighted by Crippen LogP contribution is 2.21. The van der Waals surface area contributed by atoms with E-state index in [1.807, 2.05) is 17.0 Å². The fourth-order valence-electron chi connectivity index (χ4n) is 2.54. The molecule has 1 saturated heterocycles. The first-order chi connectivity index (χ1) is 10.3. The molecule has 21 heavy (non-hydrogen) atoms. The highest BCUT2D eigenvalue weighted by Gasteiger charge is 2.22. The van der Waals surface area contributed by atoms with Gasteiger partial charge in [-0.1, -0.05) is 6.92 Å². The van der Waals surface area contributed by atoms with Crippen LogP contribution in [-0.4, -0.2) is 42.2 Å². The van der Waals surface area contributed by atoms with E-state index in [9.17, 15) is 4.79 Å². The van der Waals surface area contributed by atoms with Crippen molar-refractivity contribution in [2.75, 3.05) is 26.2 Å². The largest absolute Gasteiger partial charge is 0.492 e. The van der Waals surface area contributed by atoms with Crippen molar-refractivity contribution in [3.8, 4) is 5.75 Å². The first-order valence-electron chi connectivity index (χ1n) is 7.85. The monoisotopic (exact) mass is 291 g/mol. The van der Waals surface area contributed by atoms with Gasteiger partial charge in [-0.05, 0) is 43.7 Å². The van der Waals surface area contributed by atoms with Crippen LogP contribution in [0.2, 0.25) is 0 Å². The maximum absolute atomic E-state index is 11.8. The van der Waals surface area contributed by atoms with Crippen LogP contribution in [0.1, 0.15) is 32.6 Å². The smallest absolute Gasteiger partial charge is 0.317 e. The van der Waals surface area contributed by atoms with Crippen molar-refractivity contribution >= 4 is 6.03 Å². The van der Waals surface area contributed by atoms with Gasteiger partial charge in [0.15, 0.2) is 0 Å². The van der Waals surface area contributed by atoms with E-state index in [2.05, 4.69) is 17.2 Å². The number of nitrogens with one attached hydrogen (secondary N) is 1. The van der Waals surface area contributed by atoms with Gasteiger partial charge in [-0.15, -0.1) is 0 Å². The van der Waals surface area contributed by atoms with Crippen molar-refractivity contribution in [1.29, 1.82) is 0 Å². The number of hydrogen-bond acceptors (Lipinski definition) is 3. The molecule has 0 radical (unpaired) electrons. The average molecular weight is 291 g/mol. The molecule has 2 heterocycles. The van der Waals surface area contributed by atoms with Gasteiger partial charge in [-0.3, -0.25) is 4.98 Å². The van der Waals surface area contributed by atoms with Crippen LogP contribution >= 0.6 is 0 Å². The van der Waals surface area contributed by atoms with E-state index in [1.54, 1.807) is 12.4 Å². The number of hydrogen-bond donors (Lipinski definition) is 1. The summed E-state index contributed by atoms with van der Waals surface area (Å²) in [5.74, 6) is 1.48. The van der Waals surface area contributed by atoms with Crippen molar-refractivity contribution in [2.24, 2.45) is 5.92 Å². The molecule has 1 aliphatic rings. The maximum Gasteiger partial charge on any atom is 0.317 e. The van der Waals surface area contributed by atoms with Crippen molar-refractivity contribution in [3.63, 3.8) is 0 Å². The van der Waals surface area contributed by atoms with E-state index < -0.39 is 0 Å². The van der Waals surface area contributed by atoms with E-state index in [0.29, 0.717) is 5.92 Å². The fraction of sp³-hybridized carbons (Fsp3) is 0.625. The zero-order valence-corrected chi connectivity index (χ0v) is 12.8. The van der Waals surface area contributed by atoms with Gasteiger partial charge in [0.1, 0.15) is 5.75 Å². The second-order valence-corrected chi connectivity index (χ2v) is 5.49. The molecule has 0 unspecified atom stereocenters. The summed E-state index contributed by atoms with van der Waals surface area (Å²) >= 11 is 0. The third-order valence-electron chi connectivity index (χ3n) is 3.86. The van der Waals surface area contributed by atoms with Crippen LogP contribution in [0.25, 0.3) is 0 Å². The summed E-state index contributed by atoms with van der Waals surface area (Å²) in [6, 6.07) is 3.89. The normalized spacial score (nSPS) is 15.8. The highest BCUT2D eigenvalue weighted by molar-refractivity contribution is 5.74. The first-order valence-corrected chi connectivity index (χ1v) is 7.85. The van der Waals surface area contributed by atoms with Crippen LogP contribution in [0, 0.1) is 5.92 Å². The van der Waals surface area contributed by atoms with Crippen molar-refractivity contribution < 1.29 is 9.53 Å². The van der Waals surface area contributed by atoms with Gasteiger partial charge in [0.2, 0.25) is 0 Å². The van der Waals surface area contributed by atoms with E-state index in [-0.39, 0.29) is 6.03 Å². The second-order valence-electron chi connectivity index (χ2n) is 5.49. The summed E-state index contributed by atoms with van der Waals surface area (Å²) in [5, 5.41) is 2.94. The van der Waals surface area contributed by atoms with Gasteiger partial charge in [0.25, 0.3) is 0 Å². The number of likely N-dealkylation sites (tertiary alicyclic amines) is 1. The lowest BCUT2D eigenvalue weighted by molar-refractivity contribution is 0.160. The Labute approximate surface area is 126 Å². The van der Waals surface area contributed by atoms with Crippen LogP contribution in [0.15, 0.2) is 24.5 Å². The molecule has 1 N–H and O–H groups in total. The van der Waals surface area contributed by atoms with Gasteiger partial charge in [-0.25, -0.2) is 4.79 Å². The zero-order valence-electron chi connectivity index (χ0n) is 12.8. The van der Waals surface area contributed by atoms with Crippen molar-refractivity contribution in [2.45, 2.75) is 32.6 Å². The number of ether oxygens (including phenoxy) is 1. The molecule has 0 saturated carbocycles. The SMILES string of the molecule is CCCNC(=O)N1CCC(CCOc2cccnc2)CC1. The Kier molecular flexibility index (Phi) is 6.31. The molecule has 5 heteroatoms. The number of aromatic nitrogens is 1. The number of urea groups is 1. The molecule has 0 atom stereocenters. The van der Waals surface area contributed by atoms with Crippen molar-refractivity contribution in [3.05, 3.63) is 24.5 Å². The minimum absolute atomic E-state index is 0.0851. The molecule has 0 aliphatic carbocycles. The summed E-state index contributed by atoms with van der Waals surface area (Å²) in [5.41, 5.74) is 0. The topological polar surface area (TPSA) is 54.5 Å². The van der Waals surface area contributed by atoms with Gasteiger partial charge < -0.3 is 15.0 Å². The summed E-state index contributed by atoms with van der Waals surface area (Å²) < 4.78 is 5.68. The summed E-state index contributed by atoms with van der Waals surface area (Å²) in [7, 11) is 0. The zero-order chi connectivity index (χ0) is 14.9. The van der Waals surface area contributed by atoms with Gasteiger partial charge >= 0.3 is 6.03 Å². The van der Waals surface area contributed by atoms with Gasteiger partial charge in [0.05, 0.1) is 12.8 Å². The maximum atomic E-state index is 11.8. The minimum atomic E-state index is 0.0851. The third-order valence-corrected chi connectivity index (χ3v) is 3.86. The van der Waals surface area contributed by atoms with Crippen LogP contribution in [0.5, 0.6) is 5.75 Å². The van der Waals surface area contributed by atoms with Crippen LogP contribution < -0.4 is 10.1 Å². The fourth-order valence-corrected chi connectivity index (χ4v) is 2.54. The Bertz CT molecular complexity index is 417. The Morgan fingerprint density at radius 2 is 2.29 bits per heavy atom. The lowest BCUT2D eigenvalue weighted by Crippen LogP contribution is -2.44.